The number of nitriles is 1. The lowest BCUT2D eigenvalue weighted by Gasteiger charge is -2.21. The summed E-state index contributed by atoms with van der Waals surface area (Å²) >= 11 is 1.28. The lowest BCUT2D eigenvalue weighted by atomic mass is 10.1. The first kappa shape index (κ1) is 26.2. The highest BCUT2D eigenvalue weighted by atomic mass is 32.2. The summed E-state index contributed by atoms with van der Waals surface area (Å²) in [4.78, 5) is 18.3. The van der Waals surface area contributed by atoms with Crippen LogP contribution >= 0.6 is 11.3 Å². The Morgan fingerprint density at radius 2 is 1.68 bits per heavy atom. The monoisotopic (exact) mass is 530 g/mol. The van der Waals surface area contributed by atoms with Crippen molar-refractivity contribution in [1.82, 2.24) is 9.71 Å². The zero-order valence-corrected chi connectivity index (χ0v) is 22.5. The predicted molar refractivity (Wildman–Crippen MR) is 147 cm³/mol. The summed E-state index contributed by atoms with van der Waals surface area (Å²) in [6.07, 6.45) is 0. The molecule has 0 saturated heterocycles. The van der Waals surface area contributed by atoms with Gasteiger partial charge in [0.25, 0.3) is 5.91 Å². The molecule has 1 amide bonds. The molecular weight excluding hydrogens is 504 g/mol. The van der Waals surface area contributed by atoms with Gasteiger partial charge in [-0.1, -0.05) is 42.5 Å². The van der Waals surface area contributed by atoms with E-state index >= 15 is 0 Å². The fourth-order valence-electron chi connectivity index (χ4n) is 3.83. The number of aromatic nitrogens is 1. The van der Waals surface area contributed by atoms with Crippen molar-refractivity contribution >= 4 is 33.0 Å². The van der Waals surface area contributed by atoms with Gasteiger partial charge in [-0.25, -0.2) is 18.1 Å². The molecule has 0 bridgehead atoms. The molecule has 0 aliphatic rings. The molecule has 0 fully saturated rings. The first-order valence-corrected chi connectivity index (χ1v) is 13.8. The highest BCUT2D eigenvalue weighted by Gasteiger charge is 2.25. The van der Waals surface area contributed by atoms with Gasteiger partial charge in [0, 0.05) is 22.4 Å². The van der Waals surface area contributed by atoms with E-state index in [-0.39, 0.29) is 10.8 Å². The molecule has 7 nitrogen and oxygen atoms in total. The minimum Gasteiger partial charge on any atom is -0.321 e. The molecule has 0 spiro atoms. The molecule has 0 saturated carbocycles. The summed E-state index contributed by atoms with van der Waals surface area (Å²) in [5.41, 5.74) is 2.93. The number of nitrogens with one attached hydrogen (secondary N) is 2. The van der Waals surface area contributed by atoms with Crippen molar-refractivity contribution in [1.29, 1.82) is 5.26 Å². The second-order valence-corrected chi connectivity index (χ2v) is 12.3. The van der Waals surface area contributed by atoms with Crippen molar-refractivity contribution in [2.45, 2.75) is 38.1 Å². The molecule has 1 aromatic heterocycles. The summed E-state index contributed by atoms with van der Waals surface area (Å²) in [6.45, 7) is 7.20. The maximum absolute atomic E-state index is 13.2. The first-order valence-electron chi connectivity index (χ1n) is 11.5. The topological polar surface area (TPSA) is 112 Å². The molecule has 0 atom stereocenters. The Bertz CT molecular complexity index is 1610. The van der Waals surface area contributed by atoms with Gasteiger partial charge in [-0.3, -0.25) is 4.79 Å². The number of anilines is 1. The normalized spacial score (nSPS) is 11.6. The number of amides is 1. The Kier molecular flexibility index (Phi) is 7.28. The van der Waals surface area contributed by atoms with Crippen LogP contribution in [0.4, 0.5) is 5.69 Å². The van der Waals surface area contributed by atoms with Crippen LogP contribution in [-0.4, -0.2) is 24.8 Å². The van der Waals surface area contributed by atoms with Crippen molar-refractivity contribution in [3.63, 3.8) is 0 Å². The third-order valence-corrected chi connectivity index (χ3v) is 8.06. The predicted octanol–water partition coefficient (Wildman–Crippen LogP) is 5.99. The molecule has 4 rings (SSSR count). The second-order valence-electron chi connectivity index (χ2n) is 9.49. The number of thiazole rings is 1. The highest BCUT2D eigenvalue weighted by molar-refractivity contribution is 7.89. The third kappa shape index (κ3) is 6.12. The van der Waals surface area contributed by atoms with Gasteiger partial charge in [0.2, 0.25) is 10.0 Å². The summed E-state index contributed by atoms with van der Waals surface area (Å²) in [6, 6.07) is 22.9. The number of sulfonamides is 1. The standard InChI is InChI=1S/C28H26N4O3S2/c1-18-30-25(21-9-7-8-19(16-21)17-29)26(36-18)27(33)31-22-14-12-20(13-15-22)23-10-5-6-11-24(23)37(34,35)32-28(2,3)4/h5-16,32H,1-4H3,(H,31,33). The van der Waals surface area contributed by atoms with Crippen LogP contribution in [0, 0.1) is 18.3 Å². The zero-order chi connectivity index (χ0) is 26.8. The molecule has 0 radical (unpaired) electrons. The molecule has 0 unspecified atom stereocenters. The first-order chi connectivity index (χ1) is 17.5. The molecule has 1 heterocycles. The summed E-state index contributed by atoms with van der Waals surface area (Å²) in [7, 11) is -3.74. The lowest BCUT2D eigenvalue weighted by molar-refractivity contribution is 0.103. The van der Waals surface area contributed by atoms with E-state index in [1.807, 2.05) is 13.0 Å². The Balaban J connectivity index is 1.60. The molecule has 0 aliphatic heterocycles. The zero-order valence-electron chi connectivity index (χ0n) is 20.9. The Labute approximate surface area is 220 Å². The number of rotatable bonds is 6. The number of benzene rings is 3. The van der Waals surface area contributed by atoms with Crippen molar-refractivity contribution in [2.75, 3.05) is 5.32 Å². The minimum atomic E-state index is -3.74. The van der Waals surface area contributed by atoms with E-state index in [9.17, 15) is 18.5 Å². The van der Waals surface area contributed by atoms with E-state index in [2.05, 4.69) is 21.1 Å². The van der Waals surface area contributed by atoms with Gasteiger partial charge >= 0.3 is 0 Å². The fraction of sp³-hybridized carbons (Fsp3) is 0.179. The molecule has 3 aromatic carbocycles. The maximum atomic E-state index is 13.2. The van der Waals surface area contributed by atoms with Crippen LogP contribution in [0.2, 0.25) is 0 Å². The summed E-state index contributed by atoms with van der Waals surface area (Å²) < 4.78 is 28.7. The number of hydrogen-bond acceptors (Lipinski definition) is 6. The SMILES string of the molecule is Cc1nc(-c2cccc(C#N)c2)c(C(=O)Nc2ccc(-c3ccccc3S(=O)(=O)NC(C)(C)C)cc2)s1. The van der Waals surface area contributed by atoms with Gasteiger partial charge in [-0.05, 0) is 63.6 Å². The summed E-state index contributed by atoms with van der Waals surface area (Å²) in [5.74, 6) is -0.312. The van der Waals surface area contributed by atoms with E-state index in [4.69, 9.17) is 0 Å². The summed E-state index contributed by atoms with van der Waals surface area (Å²) in [5, 5.41) is 12.9. The van der Waals surface area contributed by atoms with E-state index < -0.39 is 15.6 Å². The fourth-order valence-corrected chi connectivity index (χ4v) is 6.32. The average Bonchev–Trinajstić information content (AvgIpc) is 3.25. The van der Waals surface area contributed by atoms with Crippen molar-refractivity contribution in [3.8, 4) is 28.5 Å². The Hall–Kier alpha value is -3.84. The number of carbonyl (C=O) groups is 1. The Morgan fingerprint density at radius 1 is 0.973 bits per heavy atom. The van der Waals surface area contributed by atoms with Crippen molar-refractivity contribution in [3.05, 3.63) is 88.2 Å². The molecule has 2 N–H and O–H groups in total. The van der Waals surface area contributed by atoms with Crippen LogP contribution < -0.4 is 10.0 Å². The highest BCUT2D eigenvalue weighted by Crippen LogP contribution is 2.31. The average molecular weight is 531 g/mol. The minimum absolute atomic E-state index is 0.186. The molecule has 37 heavy (non-hydrogen) atoms. The second kappa shape index (κ2) is 10.3. The molecule has 4 aromatic rings. The maximum Gasteiger partial charge on any atom is 0.268 e. The van der Waals surface area contributed by atoms with E-state index in [1.165, 1.54) is 11.3 Å². The van der Waals surface area contributed by atoms with Crippen LogP contribution in [0.5, 0.6) is 0 Å². The molecule has 0 aliphatic carbocycles. The van der Waals surface area contributed by atoms with Gasteiger partial charge in [-0.2, -0.15) is 5.26 Å². The quantitative estimate of drug-likeness (QED) is 0.318. The number of carbonyl (C=O) groups excluding carboxylic acids is 1. The molecule has 188 valence electrons. The van der Waals surface area contributed by atoms with E-state index in [1.54, 1.807) is 87.5 Å². The van der Waals surface area contributed by atoms with Crippen LogP contribution in [0.3, 0.4) is 0 Å². The number of aryl methyl sites for hydroxylation is 1. The lowest BCUT2D eigenvalue weighted by Crippen LogP contribution is -2.40. The van der Waals surface area contributed by atoms with Crippen LogP contribution in [0.15, 0.2) is 77.7 Å². The van der Waals surface area contributed by atoms with Crippen LogP contribution in [0.25, 0.3) is 22.4 Å². The van der Waals surface area contributed by atoms with E-state index in [0.29, 0.717) is 38.5 Å². The van der Waals surface area contributed by atoms with Crippen LogP contribution in [0.1, 0.15) is 41.0 Å². The van der Waals surface area contributed by atoms with Crippen molar-refractivity contribution in [2.24, 2.45) is 0 Å². The van der Waals surface area contributed by atoms with Crippen molar-refractivity contribution < 1.29 is 13.2 Å². The van der Waals surface area contributed by atoms with E-state index in [0.717, 1.165) is 5.01 Å². The van der Waals surface area contributed by atoms with Crippen LogP contribution in [-0.2, 0) is 10.0 Å². The Morgan fingerprint density at radius 3 is 2.35 bits per heavy atom. The number of nitrogens with zero attached hydrogens (tertiary/aromatic N) is 2. The van der Waals surface area contributed by atoms with Gasteiger partial charge in [0.05, 0.1) is 27.2 Å². The molecule has 9 heteroatoms. The van der Waals surface area contributed by atoms with Gasteiger partial charge in [0.1, 0.15) is 4.88 Å². The number of hydrogen-bond donors (Lipinski definition) is 2. The van der Waals surface area contributed by atoms with Gasteiger partial charge < -0.3 is 5.32 Å². The van der Waals surface area contributed by atoms with Gasteiger partial charge in [-0.15, -0.1) is 11.3 Å². The smallest absolute Gasteiger partial charge is 0.268 e. The molecular formula is C28H26N4O3S2. The third-order valence-electron chi connectivity index (χ3n) is 5.28. The largest absolute Gasteiger partial charge is 0.321 e. The van der Waals surface area contributed by atoms with Gasteiger partial charge in [0.15, 0.2) is 0 Å².